The smallest absolute Gasteiger partial charge is 0.255 e. The monoisotopic (exact) mass is 488 g/mol. The Balaban J connectivity index is 1.47. The fourth-order valence-corrected chi connectivity index (χ4v) is 4.72. The highest BCUT2D eigenvalue weighted by molar-refractivity contribution is 6.06. The van der Waals surface area contributed by atoms with Crippen LogP contribution in [0.1, 0.15) is 57.9 Å². The topological polar surface area (TPSA) is 85.9 Å². The highest BCUT2D eigenvalue weighted by Crippen LogP contribution is 2.37. The molecule has 0 bridgehead atoms. The minimum atomic E-state index is -0.282. The summed E-state index contributed by atoms with van der Waals surface area (Å²) in [5.41, 5.74) is 2.63. The summed E-state index contributed by atoms with van der Waals surface area (Å²) in [6, 6.07) is 19.8. The van der Waals surface area contributed by atoms with Gasteiger partial charge in [-0.05, 0) is 73.0 Å². The fraction of sp³-hybridized carbons (Fsp3) is 0.310. The summed E-state index contributed by atoms with van der Waals surface area (Å²) in [6.07, 6.45) is 4.03. The molecule has 0 radical (unpaired) electrons. The molecule has 3 aromatic carbocycles. The molecule has 3 aromatic rings. The predicted molar refractivity (Wildman–Crippen MR) is 139 cm³/mol. The van der Waals surface area contributed by atoms with Crippen molar-refractivity contribution in [3.63, 3.8) is 0 Å². The largest absolute Gasteiger partial charge is 0.497 e. The minimum Gasteiger partial charge on any atom is -0.497 e. The summed E-state index contributed by atoms with van der Waals surface area (Å²) in [7, 11) is 4.83. The summed E-state index contributed by atoms with van der Waals surface area (Å²) in [6.45, 7) is 0. The molecule has 36 heavy (non-hydrogen) atoms. The number of ether oxygens (including phenoxy) is 3. The van der Waals surface area contributed by atoms with Gasteiger partial charge in [-0.15, -0.1) is 0 Å². The number of hydrogen-bond donors (Lipinski definition) is 2. The quantitative estimate of drug-likeness (QED) is 0.442. The van der Waals surface area contributed by atoms with Gasteiger partial charge in [-0.1, -0.05) is 25.0 Å². The van der Waals surface area contributed by atoms with E-state index in [0.717, 1.165) is 31.2 Å². The molecule has 2 atom stereocenters. The molecule has 7 heteroatoms. The van der Waals surface area contributed by atoms with E-state index in [9.17, 15) is 9.59 Å². The van der Waals surface area contributed by atoms with Gasteiger partial charge in [0.05, 0.1) is 21.3 Å². The molecule has 2 N–H and O–H groups in total. The zero-order valence-corrected chi connectivity index (χ0v) is 20.9. The molecule has 0 unspecified atom stereocenters. The van der Waals surface area contributed by atoms with Crippen molar-refractivity contribution in [2.75, 3.05) is 26.6 Å². The van der Waals surface area contributed by atoms with Gasteiger partial charge in [0, 0.05) is 28.8 Å². The van der Waals surface area contributed by atoms with Gasteiger partial charge >= 0.3 is 0 Å². The Morgan fingerprint density at radius 1 is 0.750 bits per heavy atom. The number of carbonyl (C=O) groups is 2. The molecular weight excluding hydrogens is 456 g/mol. The van der Waals surface area contributed by atoms with Crippen LogP contribution in [-0.2, 0) is 0 Å². The van der Waals surface area contributed by atoms with Crippen molar-refractivity contribution < 1.29 is 23.8 Å². The number of benzene rings is 3. The first kappa shape index (κ1) is 25.1. The maximum atomic E-state index is 13.2. The fourth-order valence-electron chi connectivity index (χ4n) is 4.72. The van der Waals surface area contributed by atoms with E-state index in [1.165, 1.54) is 0 Å². The molecule has 1 saturated carbocycles. The lowest BCUT2D eigenvalue weighted by Gasteiger charge is -2.33. The van der Waals surface area contributed by atoms with Gasteiger partial charge in [0.2, 0.25) is 0 Å². The predicted octanol–water partition coefficient (Wildman–Crippen LogP) is 5.42. The molecule has 1 aliphatic rings. The summed E-state index contributed by atoms with van der Waals surface area (Å²) in [5, 5.41) is 6.08. The summed E-state index contributed by atoms with van der Waals surface area (Å²) in [5.74, 6) is 1.77. The third-order valence-electron chi connectivity index (χ3n) is 6.65. The van der Waals surface area contributed by atoms with E-state index in [1.807, 2.05) is 18.2 Å². The number of carbonyl (C=O) groups excluding carboxylic acids is 2. The first-order valence-corrected chi connectivity index (χ1v) is 12.1. The van der Waals surface area contributed by atoms with Gasteiger partial charge in [-0.25, -0.2) is 0 Å². The van der Waals surface area contributed by atoms with Crippen LogP contribution in [0.4, 0.5) is 5.69 Å². The lowest BCUT2D eigenvalue weighted by atomic mass is 9.79. The van der Waals surface area contributed by atoms with Gasteiger partial charge in [0.15, 0.2) is 11.5 Å². The first-order valence-electron chi connectivity index (χ1n) is 12.1. The zero-order valence-electron chi connectivity index (χ0n) is 20.9. The third kappa shape index (κ3) is 5.79. The van der Waals surface area contributed by atoms with Gasteiger partial charge < -0.3 is 24.8 Å². The molecule has 4 rings (SSSR count). The third-order valence-corrected chi connectivity index (χ3v) is 6.65. The van der Waals surface area contributed by atoms with Crippen LogP contribution in [0.15, 0.2) is 66.7 Å². The Labute approximate surface area is 211 Å². The second-order valence-corrected chi connectivity index (χ2v) is 8.85. The molecule has 0 aromatic heterocycles. The average Bonchev–Trinajstić information content (AvgIpc) is 2.93. The van der Waals surface area contributed by atoms with Crippen molar-refractivity contribution in [1.29, 1.82) is 0 Å². The van der Waals surface area contributed by atoms with Crippen LogP contribution in [0.25, 0.3) is 0 Å². The van der Waals surface area contributed by atoms with E-state index in [-0.39, 0.29) is 23.8 Å². The van der Waals surface area contributed by atoms with Crippen molar-refractivity contribution in [1.82, 2.24) is 5.32 Å². The highest BCUT2D eigenvalue weighted by atomic mass is 16.5. The summed E-state index contributed by atoms with van der Waals surface area (Å²) < 4.78 is 16.0. The van der Waals surface area contributed by atoms with E-state index in [0.29, 0.717) is 34.1 Å². The molecule has 1 fully saturated rings. The molecule has 188 valence electrons. The maximum absolute atomic E-state index is 13.2. The number of hydrogen-bond acceptors (Lipinski definition) is 5. The van der Waals surface area contributed by atoms with Crippen LogP contribution in [0.2, 0.25) is 0 Å². The van der Waals surface area contributed by atoms with Crippen molar-refractivity contribution in [2.24, 2.45) is 0 Å². The first-order chi connectivity index (χ1) is 17.5. The van der Waals surface area contributed by atoms with Crippen molar-refractivity contribution in [3.8, 4) is 17.2 Å². The summed E-state index contributed by atoms with van der Waals surface area (Å²) in [4.78, 5) is 26.0. The van der Waals surface area contributed by atoms with Gasteiger partial charge in [0.25, 0.3) is 11.8 Å². The van der Waals surface area contributed by atoms with Crippen LogP contribution in [-0.4, -0.2) is 39.2 Å². The van der Waals surface area contributed by atoms with E-state index in [2.05, 4.69) is 10.6 Å². The number of methoxy groups -OCH3 is 3. The Morgan fingerprint density at radius 3 is 2.14 bits per heavy atom. The van der Waals surface area contributed by atoms with Gasteiger partial charge in [-0.2, -0.15) is 0 Å². The second-order valence-electron chi connectivity index (χ2n) is 8.85. The summed E-state index contributed by atoms with van der Waals surface area (Å²) >= 11 is 0. The molecule has 0 saturated heterocycles. The molecule has 0 aliphatic heterocycles. The van der Waals surface area contributed by atoms with Crippen LogP contribution >= 0.6 is 0 Å². The lowest BCUT2D eigenvalue weighted by molar-refractivity contribution is 0.0920. The number of nitrogens with one attached hydrogen (secondary N) is 2. The Kier molecular flexibility index (Phi) is 8.10. The second kappa shape index (κ2) is 11.6. The van der Waals surface area contributed by atoms with E-state index in [1.54, 1.807) is 69.9 Å². The zero-order chi connectivity index (χ0) is 25.5. The van der Waals surface area contributed by atoms with Crippen molar-refractivity contribution in [2.45, 2.75) is 37.6 Å². The van der Waals surface area contributed by atoms with Crippen LogP contribution in [0.5, 0.6) is 17.2 Å². The van der Waals surface area contributed by atoms with Crippen LogP contribution in [0.3, 0.4) is 0 Å². The van der Waals surface area contributed by atoms with Crippen molar-refractivity contribution in [3.05, 3.63) is 83.4 Å². The average molecular weight is 489 g/mol. The SMILES string of the molecule is COc1ccc(NC(=O)c2cccc(C(=O)N[C@@H]3CCCC[C@@H]3c3ccc(OC)c(OC)c3)c2)cc1. The molecule has 7 nitrogen and oxygen atoms in total. The molecular formula is C29H32N2O5. The minimum absolute atomic E-state index is 0.0128. The van der Waals surface area contributed by atoms with E-state index < -0.39 is 0 Å². The van der Waals surface area contributed by atoms with E-state index in [4.69, 9.17) is 14.2 Å². The number of amides is 2. The lowest BCUT2D eigenvalue weighted by Crippen LogP contribution is -2.41. The molecule has 0 heterocycles. The maximum Gasteiger partial charge on any atom is 0.255 e. The van der Waals surface area contributed by atoms with Crippen LogP contribution < -0.4 is 24.8 Å². The molecule has 0 spiro atoms. The Bertz CT molecular complexity index is 1210. The van der Waals surface area contributed by atoms with Crippen LogP contribution in [0, 0.1) is 0 Å². The normalized spacial score (nSPS) is 17.1. The Hall–Kier alpha value is -4.00. The molecule has 2 amide bonds. The molecule has 1 aliphatic carbocycles. The number of anilines is 1. The van der Waals surface area contributed by atoms with Gasteiger partial charge in [-0.3, -0.25) is 9.59 Å². The van der Waals surface area contributed by atoms with Gasteiger partial charge in [0.1, 0.15) is 5.75 Å². The number of rotatable bonds is 8. The Morgan fingerprint density at radius 2 is 1.44 bits per heavy atom. The standard InChI is InChI=1S/C29H32N2O5/c1-34-23-14-12-22(13-15-23)30-28(32)20-7-6-8-21(17-20)29(33)31-25-10-5-4-9-24(25)19-11-16-26(35-2)27(18-19)36-3/h6-8,11-18,24-25H,4-5,9-10H2,1-3H3,(H,30,32)(H,31,33)/t24-,25-/m1/s1. The van der Waals surface area contributed by atoms with Crippen molar-refractivity contribution >= 4 is 17.5 Å². The highest BCUT2D eigenvalue weighted by Gasteiger charge is 2.29. The van der Waals surface area contributed by atoms with E-state index >= 15 is 0 Å².